The number of amides is 1. The van der Waals surface area contributed by atoms with Gasteiger partial charge in [0.2, 0.25) is 0 Å². The summed E-state index contributed by atoms with van der Waals surface area (Å²) < 4.78 is 6.14. The fourth-order valence-corrected chi connectivity index (χ4v) is 6.04. The van der Waals surface area contributed by atoms with Crippen LogP contribution >= 0.6 is 11.8 Å². The molecule has 1 saturated carbocycles. The van der Waals surface area contributed by atoms with Crippen LogP contribution in [0.15, 0.2) is 42.5 Å². The third kappa shape index (κ3) is 7.61. The van der Waals surface area contributed by atoms with Gasteiger partial charge >= 0.3 is 5.97 Å². The van der Waals surface area contributed by atoms with Gasteiger partial charge in [0.1, 0.15) is 6.04 Å². The Balaban J connectivity index is 1.46. The molecule has 2 N–H and O–H groups in total. The Labute approximate surface area is 231 Å². The Kier molecular flexibility index (Phi) is 10.7. The summed E-state index contributed by atoms with van der Waals surface area (Å²) in [6.07, 6.45) is 10.1. The van der Waals surface area contributed by atoms with Crippen molar-refractivity contribution in [3.05, 3.63) is 59.2 Å². The molecule has 6 nitrogen and oxygen atoms in total. The van der Waals surface area contributed by atoms with E-state index in [-0.39, 0.29) is 5.91 Å². The van der Waals surface area contributed by atoms with Gasteiger partial charge in [-0.05, 0) is 84.9 Å². The zero-order valence-corrected chi connectivity index (χ0v) is 23.6. The predicted octanol–water partition coefficient (Wildman–Crippen LogP) is 5.77. The molecule has 0 bridgehead atoms. The van der Waals surface area contributed by atoms with E-state index in [2.05, 4.69) is 16.3 Å². The number of likely N-dealkylation sites (tertiary alicyclic amines) is 1. The highest BCUT2D eigenvalue weighted by Crippen LogP contribution is 2.30. The van der Waals surface area contributed by atoms with Crippen molar-refractivity contribution in [2.75, 3.05) is 31.8 Å². The lowest BCUT2D eigenvalue weighted by molar-refractivity contribution is -0.139. The Hall–Kier alpha value is -2.35. The van der Waals surface area contributed by atoms with Crippen LogP contribution in [0.25, 0.3) is 11.1 Å². The number of nitrogens with one attached hydrogen (secondary N) is 1. The zero-order chi connectivity index (χ0) is 26.9. The molecule has 2 aromatic carbocycles. The topological polar surface area (TPSA) is 78.9 Å². The zero-order valence-electron chi connectivity index (χ0n) is 22.8. The molecular formula is C31H42N2O4S. The number of aliphatic carboxylic acids is 1. The number of carbonyl (C=O) groups excluding carboxylic acids is 1. The third-order valence-electron chi connectivity index (χ3n) is 8.02. The van der Waals surface area contributed by atoms with E-state index in [1.165, 1.54) is 32.1 Å². The quantitative estimate of drug-likeness (QED) is 0.337. The second-order valence-corrected chi connectivity index (χ2v) is 11.8. The number of carboxylic acid groups (broad SMARTS) is 1. The van der Waals surface area contributed by atoms with E-state index < -0.39 is 12.0 Å². The number of ether oxygens (including phenoxy) is 1. The highest BCUT2D eigenvalue weighted by Gasteiger charge is 2.29. The van der Waals surface area contributed by atoms with Crippen molar-refractivity contribution in [3.63, 3.8) is 0 Å². The van der Waals surface area contributed by atoms with Gasteiger partial charge in [0, 0.05) is 31.3 Å². The minimum Gasteiger partial charge on any atom is -0.480 e. The number of nitrogens with zero attached hydrogens (tertiary/aromatic N) is 1. The van der Waals surface area contributed by atoms with Gasteiger partial charge in [0.25, 0.3) is 5.91 Å². The first-order valence-corrected chi connectivity index (χ1v) is 15.4. The van der Waals surface area contributed by atoms with Crippen LogP contribution in [0.4, 0.5) is 0 Å². The Morgan fingerprint density at radius 1 is 1.08 bits per heavy atom. The number of aryl methyl sites for hydroxylation is 1. The first-order chi connectivity index (χ1) is 18.5. The molecule has 0 aromatic heterocycles. The smallest absolute Gasteiger partial charge is 0.326 e. The van der Waals surface area contributed by atoms with E-state index in [1.54, 1.807) is 11.8 Å². The minimum absolute atomic E-state index is 0.346. The molecule has 1 heterocycles. The minimum atomic E-state index is -1.00. The SMILES string of the molecule is CSCC[C@H](NC(=O)c1ccc(CN2CC[C@H]2COCC2CCCCC2)cc1-c1ccccc1C)C(=O)O. The fraction of sp³-hybridized carbons (Fsp3) is 0.548. The van der Waals surface area contributed by atoms with E-state index in [0.29, 0.717) is 23.8 Å². The van der Waals surface area contributed by atoms with E-state index in [1.807, 2.05) is 49.6 Å². The van der Waals surface area contributed by atoms with Gasteiger partial charge in [-0.25, -0.2) is 4.79 Å². The number of thioether (sulfide) groups is 1. The molecule has 1 aliphatic carbocycles. The van der Waals surface area contributed by atoms with Crippen LogP contribution in [0.1, 0.15) is 66.4 Å². The maximum Gasteiger partial charge on any atom is 0.326 e. The highest BCUT2D eigenvalue weighted by molar-refractivity contribution is 7.98. The number of hydrogen-bond acceptors (Lipinski definition) is 5. The lowest BCUT2D eigenvalue weighted by Gasteiger charge is -2.41. The third-order valence-corrected chi connectivity index (χ3v) is 8.66. The summed E-state index contributed by atoms with van der Waals surface area (Å²) >= 11 is 1.57. The molecule has 7 heteroatoms. The van der Waals surface area contributed by atoms with Crippen LogP contribution in [0.3, 0.4) is 0 Å². The average Bonchev–Trinajstić information content (AvgIpc) is 2.92. The first kappa shape index (κ1) is 28.7. The summed E-state index contributed by atoms with van der Waals surface area (Å²) in [6, 6.07) is 13.5. The van der Waals surface area contributed by atoms with Crippen molar-refractivity contribution < 1.29 is 19.4 Å². The maximum atomic E-state index is 13.3. The lowest BCUT2D eigenvalue weighted by Crippen LogP contribution is -2.49. The summed E-state index contributed by atoms with van der Waals surface area (Å²) in [5.74, 6) is 0.0497. The van der Waals surface area contributed by atoms with Crippen molar-refractivity contribution in [2.24, 2.45) is 5.92 Å². The van der Waals surface area contributed by atoms with Crippen LogP contribution in [-0.4, -0.2) is 65.7 Å². The Morgan fingerprint density at radius 3 is 2.55 bits per heavy atom. The van der Waals surface area contributed by atoms with Gasteiger partial charge < -0.3 is 15.2 Å². The largest absolute Gasteiger partial charge is 0.480 e. The van der Waals surface area contributed by atoms with E-state index in [0.717, 1.165) is 60.9 Å². The molecule has 4 rings (SSSR count). The molecule has 0 spiro atoms. The molecule has 1 saturated heterocycles. The molecule has 38 heavy (non-hydrogen) atoms. The second kappa shape index (κ2) is 14.2. The van der Waals surface area contributed by atoms with Crippen molar-refractivity contribution in [2.45, 2.75) is 70.5 Å². The van der Waals surface area contributed by atoms with Crippen LogP contribution in [-0.2, 0) is 16.1 Å². The van der Waals surface area contributed by atoms with Gasteiger partial charge in [-0.2, -0.15) is 11.8 Å². The van der Waals surface area contributed by atoms with Crippen molar-refractivity contribution >= 4 is 23.6 Å². The number of rotatable bonds is 13. The van der Waals surface area contributed by atoms with Crippen molar-refractivity contribution in [1.82, 2.24) is 10.2 Å². The molecule has 1 aliphatic heterocycles. The maximum absolute atomic E-state index is 13.3. The van der Waals surface area contributed by atoms with Crippen LogP contribution in [0, 0.1) is 12.8 Å². The van der Waals surface area contributed by atoms with Gasteiger partial charge in [0.05, 0.1) is 6.61 Å². The lowest BCUT2D eigenvalue weighted by atomic mass is 9.90. The average molecular weight is 539 g/mol. The summed E-state index contributed by atoms with van der Waals surface area (Å²) in [7, 11) is 0. The molecule has 2 aliphatic rings. The van der Waals surface area contributed by atoms with E-state index in [9.17, 15) is 14.7 Å². The van der Waals surface area contributed by atoms with Crippen LogP contribution in [0.2, 0.25) is 0 Å². The molecule has 1 amide bonds. The van der Waals surface area contributed by atoms with Crippen molar-refractivity contribution in [1.29, 1.82) is 0 Å². The van der Waals surface area contributed by atoms with Crippen molar-refractivity contribution in [3.8, 4) is 11.1 Å². The normalized spacial score (nSPS) is 19.1. The Morgan fingerprint density at radius 2 is 1.87 bits per heavy atom. The first-order valence-electron chi connectivity index (χ1n) is 14.0. The molecule has 0 unspecified atom stereocenters. The molecule has 206 valence electrons. The number of carbonyl (C=O) groups is 2. The molecule has 2 aromatic rings. The molecule has 2 fully saturated rings. The number of benzene rings is 2. The highest BCUT2D eigenvalue weighted by atomic mass is 32.2. The van der Waals surface area contributed by atoms with Gasteiger partial charge in [0.15, 0.2) is 0 Å². The Bertz CT molecular complexity index is 1090. The summed E-state index contributed by atoms with van der Waals surface area (Å²) in [6.45, 7) is 5.57. The predicted molar refractivity (Wildman–Crippen MR) is 155 cm³/mol. The fourth-order valence-electron chi connectivity index (χ4n) is 5.56. The summed E-state index contributed by atoms with van der Waals surface area (Å²) in [4.78, 5) is 27.5. The summed E-state index contributed by atoms with van der Waals surface area (Å²) in [5.41, 5.74) is 4.57. The molecule has 2 atom stereocenters. The van der Waals surface area contributed by atoms with Gasteiger partial charge in [-0.3, -0.25) is 9.69 Å². The monoisotopic (exact) mass is 538 g/mol. The van der Waals surface area contributed by atoms with E-state index >= 15 is 0 Å². The van der Waals surface area contributed by atoms with Crippen LogP contribution < -0.4 is 5.32 Å². The van der Waals surface area contributed by atoms with Gasteiger partial charge in [-0.15, -0.1) is 0 Å². The number of hydrogen-bond donors (Lipinski definition) is 2. The van der Waals surface area contributed by atoms with Gasteiger partial charge in [-0.1, -0.05) is 49.6 Å². The number of carboxylic acids is 1. The van der Waals surface area contributed by atoms with E-state index in [4.69, 9.17) is 4.74 Å². The summed E-state index contributed by atoms with van der Waals surface area (Å²) in [5, 5.41) is 12.4. The van der Waals surface area contributed by atoms with Crippen LogP contribution in [0.5, 0.6) is 0 Å². The molecule has 0 radical (unpaired) electrons. The standard InChI is InChI=1S/C31H42N2O4S/c1-22-8-6-7-11-26(22)28-18-24(12-13-27(28)30(34)32-29(31(35)36)15-17-38-2)19-33-16-14-25(33)21-37-20-23-9-4-3-5-10-23/h6-8,11-13,18,23,25,29H,3-5,9-10,14-17,19-21H2,1-2H3,(H,32,34)(H,35,36)/t25-,29-/m0/s1. The second-order valence-electron chi connectivity index (χ2n) is 10.8. The molecular weight excluding hydrogens is 496 g/mol.